The average Bonchev–Trinajstić information content (AvgIpc) is 2.79. The van der Waals surface area contributed by atoms with Gasteiger partial charge in [0.15, 0.2) is 5.11 Å². The zero-order valence-corrected chi connectivity index (χ0v) is 17.9. The second-order valence-electron chi connectivity index (χ2n) is 6.53. The first-order valence-corrected chi connectivity index (χ1v) is 9.79. The van der Waals surface area contributed by atoms with Crippen LogP contribution in [0.1, 0.15) is 10.4 Å². The minimum absolute atomic E-state index is 0.0216. The zero-order chi connectivity index (χ0) is 22.4. The molecule has 3 rings (SSSR count). The lowest BCUT2D eigenvalue weighted by molar-refractivity contribution is -0.384. The van der Waals surface area contributed by atoms with Gasteiger partial charge in [0.1, 0.15) is 17.2 Å². The summed E-state index contributed by atoms with van der Waals surface area (Å²) in [5.41, 5.74) is 0.954. The molecule has 164 valence electrons. The Morgan fingerprint density at radius 3 is 2.55 bits per heavy atom. The van der Waals surface area contributed by atoms with E-state index in [2.05, 4.69) is 10.6 Å². The molecule has 0 spiro atoms. The monoisotopic (exact) mass is 446 g/mol. The predicted molar refractivity (Wildman–Crippen MR) is 119 cm³/mol. The third kappa shape index (κ3) is 5.38. The standard InChI is InChI=1S/C20H22N4O6S/c1-28-14-4-5-15(18(12-14)29-2)21-20(31)22-19(25)13-3-6-16(17(11-13)24(26)27)23-7-9-30-10-8-23/h3-6,11-12H,7-10H2,1-2H3,(H2,21,22,25,31). The highest BCUT2D eigenvalue weighted by atomic mass is 32.1. The van der Waals surface area contributed by atoms with Crippen LogP contribution in [0.4, 0.5) is 17.1 Å². The van der Waals surface area contributed by atoms with Crippen LogP contribution in [-0.2, 0) is 4.74 Å². The average molecular weight is 446 g/mol. The number of benzene rings is 2. The molecule has 0 aromatic heterocycles. The van der Waals surface area contributed by atoms with Gasteiger partial charge in [0.25, 0.3) is 11.6 Å². The molecule has 0 aliphatic carbocycles. The van der Waals surface area contributed by atoms with E-state index in [1.54, 1.807) is 24.3 Å². The van der Waals surface area contributed by atoms with Gasteiger partial charge < -0.3 is 24.4 Å². The zero-order valence-electron chi connectivity index (χ0n) is 17.0. The number of morpholine rings is 1. The van der Waals surface area contributed by atoms with Crippen molar-refractivity contribution in [1.82, 2.24) is 5.32 Å². The van der Waals surface area contributed by atoms with Gasteiger partial charge in [-0.3, -0.25) is 20.2 Å². The molecule has 0 bridgehead atoms. The summed E-state index contributed by atoms with van der Waals surface area (Å²) in [7, 11) is 3.03. The third-order valence-electron chi connectivity index (χ3n) is 4.67. The molecule has 2 N–H and O–H groups in total. The van der Waals surface area contributed by atoms with Crippen LogP contribution in [0, 0.1) is 10.1 Å². The highest BCUT2D eigenvalue weighted by Crippen LogP contribution is 2.30. The summed E-state index contributed by atoms with van der Waals surface area (Å²) in [5, 5.41) is 17.0. The number of nitrogens with zero attached hydrogens (tertiary/aromatic N) is 2. The Morgan fingerprint density at radius 1 is 1.16 bits per heavy atom. The number of thiocarbonyl (C=S) groups is 1. The number of hydrogen-bond acceptors (Lipinski definition) is 8. The summed E-state index contributed by atoms with van der Waals surface area (Å²) >= 11 is 5.21. The number of ether oxygens (including phenoxy) is 3. The smallest absolute Gasteiger partial charge is 0.293 e. The number of amides is 1. The van der Waals surface area contributed by atoms with Crippen molar-refractivity contribution in [1.29, 1.82) is 0 Å². The molecular formula is C20H22N4O6S. The van der Waals surface area contributed by atoms with Crippen molar-refractivity contribution in [2.75, 3.05) is 50.7 Å². The molecule has 1 saturated heterocycles. The Bertz CT molecular complexity index is 994. The number of nitrogens with one attached hydrogen (secondary N) is 2. The minimum atomic E-state index is -0.568. The maximum absolute atomic E-state index is 12.6. The molecule has 1 aliphatic rings. The first kappa shape index (κ1) is 22.2. The van der Waals surface area contributed by atoms with Crippen LogP contribution in [0.15, 0.2) is 36.4 Å². The summed E-state index contributed by atoms with van der Waals surface area (Å²) in [6, 6.07) is 9.42. The molecular weight excluding hydrogens is 424 g/mol. The van der Waals surface area contributed by atoms with Gasteiger partial charge in [-0.2, -0.15) is 0 Å². The molecule has 11 heteroatoms. The van der Waals surface area contributed by atoms with Gasteiger partial charge in [-0.25, -0.2) is 0 Å². The summed E-state index contributed by atoms with van der Waals surface area (Å²) in [4.78, 5) is 25.6. The van der Waals surface area contributed by atoms with Crippen LogP contribution >= 0.6 is 12.2 Å². The fraction of sp³-hybridized carbons (Fsp3) is 0.300. The molecule has 2 aromatic carbocycles. The molecule has 1 aliphatic heterocycles. The lowest BCUT2D eigenvalue weighted by Gasteiger charge is -2.28. The Kier molecular flexibility index (Phi) is 7.21. The van der Waals surface area contributed by atoms with Crippen LogP contribution in [0.3, 0.4) is 0 Å². The van der Waals surface area contributed by atoms with Crippen LogP contribution in [-0.4, -0.2) is 56.5 Å². The van der Waals surface area contributed by atoms with E-state index in [1.807, 2.05) is 4.90 Å². The highest BCUT2D eigenvalue weighted by molar-refractivity contribution is 7.80. The molecule has 1 heterocycles. The molecule has 1 amide bonds. The molecule has 1 fully saturated rings. The molecule has 0 saturated carbocycles. The molecule has 31 heavy (non-hydrogen) atoms. The Hall–Kier alpha value is -3.44. The second-order valence-corrected chi connectivity index (χ2v) is 6.94. The minimum Gasteiger partial charge on any atom is -0.497 e. The van der Waals surface area contributed by atoms with Gasteiger partial charge in [-0.1, -0.05) is 0 Å². The normalized spacial score (nSPS) is 13.3. The van der Waals surface area contributed by atoms with Crippen LogP contribution in [0.25, 0.3) is 0 Å². The largest absolute Gasteiger partial charge is 0.497 e. The van der Waals surface area contributed by atoms with Crippen molar-refractivity contribution in [3.05, 3.63) is 52.1 Å². The molecule has 0 radical (unpaired) electrons. The number of carbonyl (C=O) groups excluding carboxylic acids is 1. The van der Waals surface area contributed by atoms with Gasteiger partial charge in [0.05, 0.1) is 38.0 Å². The predicted octanol–water partition coefficient (Wildman–Crippen LogP) is 2.58. The van der Waals surface area contributed by atoms with Crippen LogP contribution in [0.5, 0.6) is 11.5 Å². The maximum Gasteiger partial charge on any atom is 0.293 e. The SMILES string of the molecule is COc1ccc(NC(=S)NC(=O)c2ccc(N3CCOCC3)c([N+](=O)[O-])c2)c(OC)c1. The number of methoxy groups -OCH3 is 2. The molecule has 0 atom stereocenters. The van der Waals surface area contributed by atoms with Crippen LogP contribution < -0.4 is 25.0 Å². The van der Waals surface area contributed by atoms with E-state index in [0.29, 0.717) is 49.2 Å². The van der Waals surface area contributed by atoms with Crippen molar-refractivity contribution in [2.45, 2.75) is 0 Å². The van der Waals surface area contributed by atoms with E-state index in [-0.39, 0.29) is 16.4 Å². The van der Waals surface area contributed by atoms with E-state index in [0.717, 1.165) is 0 Å². The number of nitro groups is 1. The fourth-order valence-corrected chi connectivity index (χ4v) is 3.32. The number of rotatable bonds is 6. The van der Waals surface area contributed by atoms with Crippen molar-refractivity contribution < 1.29 is 23.9 Å². The number of anilines is 2. The molecule has 2 aromatic rings. The van der Waals surface area contributed by atoms with E-state index >= 15 is 0 Å². The van der Waals surface area contributed by atoms with Gasteiger partial charge in [-0.05, 0) is 36.5 Å². The summed E-state index contributed by atoms with van der Waals surface area (Å²) in [6.07, 6.45) is 0. The first-order chi connectivity index (χ1) is 14.9. The number of hydrogen-bond donors (Lipinski definition) is 2. The van der Waals surface area contributed by atoms with Crippen molar-refractivity contribution >= 4 is 40.3 Å². The van der Waals surface area contributed by atoms with E-state index in [1.165, 1.54) is 26.4 Å². The van der Waals surface area contributed by atoms with Gasteiger partial charge >= 0.3 is 0 Å². The van der Waals surface area contributed by atoms with Gasteiger partial charge in [-0.15, -0.1) is 0 Å². The number of nitro benzene ring substituents is 1. The molecule has 0 unspecified atom stereocenters. The Labute approximate surface area is 184 Å². The first-order valence-electron chi connectivity index (χ1n) is 9.38. The van der Waals surface area contributed by atoms with Crippen LogP contribution in [0.2, 0.25) is 0 Å². The maximum atomic E-state index is 12.6. The highest BCUT2D eigenvalue weighted by Gasteiger charge is 2.23. The topological polar surface area (TPSA) is 115 Å². The fourth-order valence-electron chi connectivity index (χ4n) is 3.11. The Morgan fingerprint density at radius 2 is 1.90 bits per heavy atom. The number of carbonyl (C=O) groups is 1. The van der Waals surface area contributed by atoms with Crippen molar-refractivity contribution in [2.24, 2.45) is 0 Å². The Balaban J connectivity index is 1.73. The van der Waals surface area contributed by atoms with Gasteiger partial charge in [0.2, 0.25) is 0 Å². The second kappa shape index (κ2) is 10.0. The van der Waals surface area contributed by atoms with E-state index < -0.39 is 10.8 Å². The van der Waals surface area contributed by atoms with Crippen molar-refractivity contribution in [3.8, 4) is 11.5 Å². The van der Waals surface area contributed by atoms with Crippen molar-refractivity contribution in [3.63, 3.8) is 0 Å². The summed E-state index contributed by atoms with van der Waals surface area (Å²) < 4.78 is 15.7. The lowest BCUT2D eigenvalue weighted by atomic mass is 10.1. The lowest BCUT2D eigenvalue weighted by Crippen LogP contribution is -2.37. The molecule has 10 nitrogen and oxygen atoms in total. The summed E-state index contributed by atoms with van der Waals surface area (Å²) in [5.74, 6) is 0.507. The summed E-state index contributed by atoms with van der Waals surface area (Å²) in [6.45, 7) is 2.08. The van der Waals surface area contributed by atoms with E-state index in [4.69, 9.17) is 26.4 Å². The van der Waals surface area contributed by atoms with Gasteiger partial charge in [0, 0.05) is 30.8 Å². The third-order valence-corrected chi connectivity index (χ3v) is 4.87. The van der Waals surface area contributed by atoms with E-state index in [9.17, 15) is 14.9 Å². The quantitative estimate of drug-likeness (QED) is 0.392.